The third kappa shape index (κ3) is 3.91. The fourth-order valence-corrected chi connectivity index (χ4v) is 3.96. The highest BCUT2D eigenvalue weighted by Crippen LogP contribution is 2.39. The van der Waals surface area contributed by atoms with Crippen LogP contribution in [0.1, 0.15) is 53.4 Å². The molecule has 2 saturated heterocycles. The number of esters is 1. The number of carbonyl (C=O) groups is 2. The second-order valence-electron chi connectivity index (χ2n) is 7.17. The fraction of sp³-hybridized carbons (Fsp3) is 0.750. The maximum atomic E-state index is 12.4. The van der Waals surface area contributed by atoms with E-state index in [1.54, 1.807) is 6.92 Å². The van der Waals surface area contributed by atoms with Gasteiger partial charge in [-0.2, -0.15) is 0 Å². The second-order valence-corrected chi connectivity index (χ2v) is 9.13. The number of hydrogen-bond donors (Lipinski definition) is 2. The van der Waals surface area contributed by atoms with E-state index in [-0.39, 0.29) is 24.4 Å². The van der Waals surface area contributed by atoms with Gasteiger partial charge in [-0.25, -0.2) is 13.8 Å². The molecule has 0 aliphatic carbocycles. The highest BCUT2D eigenvalue weighted by molar-refractivity contribution is 7.84. The number of ether oxygens (including phenoxy) is 1. The topological polar surface area (TPSA) is 95.9 Å². The largest absolute Gasteiger partial charge is 0.465 e. The Hall–Kier alpha value is -1.57. The standard InChI is InChI=1S/C16H26N2O5S/c1-5-23-14(19)13(17-24(22)16(2,3)4)10-8-11-6-7-12(9-10)18(11)15(20)21/h11-12,17H,5-9H2,1-4H3,(H,20,21)/t11?,12?,24-/m0/s1. The lowest BCUT2D eigenvalue weighted by Crippen LogP contribution is -2.45. The third-order valence-corrected chi connectivity index (χ3v) is 5.89. The molecule has 2 aliphatic rings. The SMILES string of the molecule is CCOC(=O)C(N[S@@](=O)C(C)(C)C)=C1CC2CCC(C1)N2C(=O)O. The van der Waals surface area contributed by atoms with Gasteiger partial charge in [0.1, 0.15) is 16.7 Å². The van der Waals surface area contributed by atoms with Crippen LogP contribution in [0.5, 0.6) is 0 Å². The smallest absolute Gasteiger partial charge is 0.407 e. The first-order valence-electron chi connectivity index (χ1n) is 8.24. The summed E-state index contributed by atoms with van der Waals surface area (Å²) in [5.74, 6) is -0.520. The number of rotatable bonds is 4. The molecule has 7 nitrogen and oxygen atoms in total. The van der Waals surface area contributed by atoms with Gasteiger partial charge in [-0.15, -0.1) is 0 Å². The number of piperidine rings is 1. The lowest BCUT2D eigenvalue weighted by Gasteiger charge is -2.35. The monoisotopic (exact) mass is 358 g/mol. The summed E-state index contributed by atoms with van der Waals surface area (Å²) in [4.78, 5) is 25.2. The van der Waals surface area contributed by atoms with Crippen molar-refractivity contribution in [1.82, 2.24) is 9.62 Å². The summed E-state index contributed by atoms with van der Waals surface area (Å²) >= 11 is 0. The summed E-state index contributed by atoms with van der Waals surface area (Å²) in [6.07, 6.45) is 1.62. The van der Waals surface area contributed by atoms with Crippen molar-refractivity contribution in [3.63, 3.8) is 0 Å². The summed E-state index contributed by atoms with van der Waals surface area (Å²) in [6, 6.07) is -0.240. The van der Waals surface area contributed by atoms with Crippen LogP contribution in [0.15, 0.2) is 11.3 Å². The minimum absolute atomic E-state index is 0.120. The number of nitrogens with zero attached hydrogens (tertiary/aromatic N) is 1. The van der Waals surface area contributed by atoms with Crippen LogP contribution in [0, 0.1) is 0 Å². The van der Waals surface area contributed by atoms with Crippen LogP contribution in [0.4, 0.5) is 4.79 Å². The van der Waals surface area contributed by atoms with Gasteiger partial charge in [0, 0.05) is 12.1 Å². The van der Waals surface area contributed by atoms with Crippen LogP contribution < -0.4 is 4.72 Å². The van der Waals surface area contributed by atoms with Gasteiger partial charge in [-0.3, -0.25) is 4.72 Å². The molecule has 136 valence electrons. The summed E-state index contributed by atoms with van der Waals surface area (Å²) in [6.45, 7) is 7.41. The van der Waals surface area contributed by atoms with E-state index in [1.807, 2.05) is 20.8 Å². The minimum Gasteiger partial charge on any atom is -0.465 e. The van der Waals surface area contributed by atoms with E-state index in [9.17, 15) is 18.9 Å². The van der Waals surface area contributed by atoms with Gasteiger partial charge in [-0.05, 0) is 59.0 Å². The molecule has 0 aromatic carbocycles. The normalized spacial score (nSPS) is 24.5. The van der Waals surface area contributed by atoms with Crippen molar-refractivity contribution in [3.8, 4) is 0 Å². The molecular formula is C16H26N2O5S. The third-order valence-electron chi connectivity index (χ3n) is 4.39. The van der Waals surface area contributed by atoms with E-state index in [1.165, 1.54) is 4.90 Å². The molecule has 2 bridgehead atoms. The number of amides is 1. The Balaban J connectivity index is 2.30. The molecule has 1 amide bonds. The predicted octanol–water partition coefficient (Wildman–Crippen LogP) is 2.16. The molecule has 0 aromatic heterocycles. The van der Waals surface area contributed by atoms with E-state index in [0.717, 1.165) is 18.4 Å². The summed E-state index contributed by atoms with van der Waals surface area (Å²) in [5, 5.41) is 9.34. The summed E-state index contributed by atoms with van der Waals surface area (Å²) in [7, 11) is -1.45. The lowest BCUT2D eigenvalue weighted by atomic mass is 9.95. The van der Waals surface area contributed by atoms with Crippen molar-refractivity contribution in [2.45, 2.75) is 70.2 Å². The molecular weight excluding hydrogens is 332 g/mol. The van der Waals surface area contributed by atoms with Crippen molar-refractivity contribution in [3.05, 3.63) is 11.3 Å². The van der Waals surface area contributed by atoms with Crippen molar-refractivity contribution in [2.24, 2.45) is 0 Å². The van der Waals surface area contributed by atoms with E-state index in [2.05, 4.69) is 4.72 Å². The molecule has 8 heteroatoms. The number of hydrogen-bond acceptors (Lipinski definition) is 4. The predicted molar refractivity (Wildman–Crippen MR) is 90.6 cm³/mol. The molecule has 3 atom stereocenters. The Morgan fingerprint density at radius 3 is 2.25 bits per heavy atom. The Morgan fingerprint density at radius 1 is 1.29 bits per heavy atom. The highest BCUT2D eigenvalue weighted by atomic mass is 32.2. The summed E-state index contributed by atoms with van der Waals surface area (Å²) < 4.78 is 19.9. The van der Waals surface area contributed by atoms with Crippen LogP contribution >= 0.6 is 0 Å². The fourth-order valence-electron chi connectivity index (χ4n) is 3.24. The van der Waals surface area contributed by atoms with Gasteiger partial charge < -0.3 is 14.7 Å². The zero-order valence-corrected chi connectivity index (χ0v) is 15.4. The van der Waals surface area contributed by atoms with Crippen LogP contribution in [0.25, 0.3) is 0 Å². The average molecular weight is 358 g/mol. The molecule has 0 spiro atoms. The molecule has 0 radical (unpaired) electrons. The average Bonchev–Trinajstić information content (AvgIpc) is 2.75. The van der Waals surface area contributed by atoms with Crippen molar-refractivity contribution < 1.29 is 23.6 Å². The summed E-state index contributed by atoms with van der Waals surface area (Å²) in [5.41, 5.74) is 1.06. The first-order valence-corrected chi connectivity index (χ1v) is 9.39. The van der Waals surface area contributed by atoms with Crippen LogP contribution in [-0.4, -0.2) is 49.7 Å². The van der Waals surface area contributed by atoms with Gasteiger partial charge in [0.25, 0.3) is 0 Å². The molecule has 0 aromatic rings. The van der Waals surface area contributed by atoms with Gasteiger partial charge in [0.2, 0.25) is 0 Å². The minimum atomic E-state index is -1.45. The van der Waals surface area contributed by atoms with Crippen molar-refractivity contribution in [1.29, 1.82) is 0 Å². The van der Waals surface area contributed by atoms with Gasteiger partial charge in [-0.1, -0.05) is 0 Å². The Bertz CT molecular complexity index is 566. The first kappa shape index (κ1) is 18.8. The molecule has 2 unspecified atom stereocenters. The zero-order chi connectivity index (χ0) is 18.1. The molecule has 2 fully saturated rings. The molecule has 2 N–H and O–H groups in total. The Morgan fingerprint density at radius 2 is 1.83 bits per heavy atom. The Kier molecular flexibility index (Phi) is 5.57. The highest BCUT2D eigenvalue weighted by Gasteiger charge is 2.43. The number of carbonyl (C=O) groups excluding carboxylic acids is 1. The van der Waals surface area contributed by atoms with E-state index >= 15 is 0 Å². The second kappa shape index (κ2) is 7.13. The first-order chi connectivity index (χ1) is 11.1. The van der Waals surface area contributed by atoms with Gasteiger partial charge in [0.15, 0.2) is 0 Å². The molecule has 24 heavy (non-hydrogen) atoms. The number of fused-ring (bicyclic) bond motifs is 2. The van der Waals surface area contributed by atoms with Gasteiger partial charge in [0.05, 0.1) is 11.4 Å². The van der Waals surface area contributed by atoms with Crippen molar-refractivity contribution in [2.75, 3.05) is 6.61 Å². The van der Waals surface area contributed by atoms with E-state index in [4.69, 9.17) is 4.74 Å². The molecule has 0 saturated carbocycles. The van der Waals surface area contributed by atoms with E-state index in [0.29, 0.717) is 12.8 Å². The number of nitrogens with one attached hydrogen (secondary N) is 1. The van der Waals surface area contributed by atoms with Crippen LogP contribution in [0.2, 0.25) is 0 Å². The maximum absolute atomic E-state index is 12.4. The maximum Gasteiger partial charge on any atom is 0.407 e. The molecule has 2 heterocycles. The van der Waals surface area contributed by atoms with E-state index < -0.39 is 27.8 Å². The lowest BCUT2D eigenvalue weighted by molar-refractivity contribution is -0.138. The zero-order valence-electron chi connectivity index (χ0n) is 14.6. The quantitative estimate of drug-likeness (QED) is 0.593. The number of carboxylic acid groups (broad SMARTS) is 1. The van der Waals surface area contributed by atoms with Gasteiger partial charge >= 0.3 is 12.1 Å². The van der Waals surface area contributed by atoms with Crippen LogP contribution in [0.3, 0.4) is 0 Å². The molecule has 2 rings (SSSR count). The van der Waals surface area contributed by atoms with Crippen molar-refractivity contribution >= 4 is 23.0 Å². The van der Waals surface area contributed by atoms with Crippen LogP contribution in [-0.2, 0) is 20.5 Å². The Labute approximate surface area is 145 Å². The molecule has 2 aliphatic heterocycles.